The predicted molar refractivity (Wildman–Crippen MR) is 121 cm³/mol. The van der Waals surface area contributed by atoms with E-state index in [2.05, 4.69) is 0 Å². The van der Waals surface area contributed by atoms with Crippen LogP contribution in [0.4, 0.5) is 0 Å². The van der Waals surface area contributed by atoms with Gasteiger partial charge in [0, 0.05) is 0 Å². The number of aliphatic hydroxyl groups is 1. The van der Waals surface area contributed by atoms with Gasteiger partial charge < -0.3 is 24.1 Å². The molecule has 5 atom stereocenters. The van der Waals surface area contributed by atoms with E-state index in [9.17, 15) is 10.2 Å². The summed E-state index contributed by atoms with van der Waals surface area (Å²) in [7, 11) is 0. The summed E-state index contributed by atoms with van der Waals surface area (Å²) in [5.74, 6) is 0. The lowest BCUT2D eigenvalue weighted by Crippen LogP contribution is -2.60. The van der Waals surface area contributed by atoms with E-state index in [0.717, 1.165) is 16.7 Å². The summed E-state index contributed by atoms with van der Waals surface area (Å²) in [6.07, 6.45) is -4.62. The van der Waals surface area contributed by atoms with Crippen LogP contribution in [0.15, 0.2) is 91.0 Å². The molecule has 1 aliphatic rings. The van der Waals surface area contributed by atoms with Crippen molar-refractivity contribution >= 4 is 0 Å². The van der Waals surface area contributed by atoms with Crippen LogP contribution in [0.25, 0.3) is 0 Å². The summed E-state index contributed by atoms with van der Waals surface area (Å²) in [6, 6.07) is 29.1. The Morgan fingerprint density at radius 3 is 1.42 bits per heavy atom. The number of ether oxygens (including phenoxy) is 4. The fourth-order valence-corrected chi connectivity index (χ4v) is 3.89. The fraction of sp³-hybridized carbons (Fsp3) is 0.333. The molecule has 4 rings (SSSR count). The zero-order valence-electron chi connectivity index (χ0n) is 18.4. The van der Waals surface area contributed by atoms with Gasteiger partial charge in [-0.05, 0) is 16.7 Å². The van der Waals surface area contributed by atoms with Gasteiger partial charge in [-0.15, -0.1) is 0 Å². The van der Waals surface area contributed by atoms with Gasteiger partial charge >= 0.3 is 0 Å². The smallest absolute Gasteiger partial charge is 0.220 e. The van der Waals surface area contributed by atoms with E-state index in [0.29, 0.717) is 6.61 Å². The van der Waals surface area contributed by atoms with E-state index in [1.807, 2.05) is 91.0 Å². The molecule has 0 saturated carbocycles. The molecule has 0 aliphatic carbocycles. The summed E-state index contributed by atoms with van der Waals surface area (Å²) in [4.78, 5) is 0. The summed E-state index contributed by atoms with van der Waals surface area (Å²) in [6.45, 7) is 0.473. The Hall–Kier alpha value is -2.58. The van der Waals surface area contributed by atoms with Gasteiger partial charge in [-0.3, -0.25) is 0 Å². The quantitative estimate of drug-likeness (QED) is 0.508. The van der Waals surface area contributed by atoms with Crippen LogP contribution < -0.4 is 0 Å². The lowest BCUT2D eigenvalue weighted by atomic mass is 9.98. The number of rotatable bonds is 10. The summed E-state index contributed by atoms with van der Waals surface area (Å²) in [5.41, 5.74) is 2.88. The van der Waals surface area contributed by atoms with Gasteiger partial charge in [-0.1, -0.05) is 91.0 Å². The Labute approximate surface area is 194 Å². The van der Waals surface area contributed by atoms with Gasteiger partial charge in [-0.2, -0.15) is 5.11 Å². The Morgan fingerprint density at radius 1 is 0.606 bits per heavy atom. The van der Waals surface area contributed by atoms with E-state index in [4.69, 9.17) is 18.9 Å². The van der Waals surface area contributed by atoms with E-state index >= 15 is 0 Å². The van der Waals surface area contributed by atoms with Crippen LogP contribution in [0.2, 0.25) is 0 Å². The molecule has 0 aromatic heterocycles. The van der Waals surface area contributed by atoms with Crippen molar-refractivity contribution in [1.82, 2.24) is 0 Å². The van der Waals surface area contributed by atoms with Crippen LogP contribution in [0.3, 0.4) is 0 Å². The van der Waals surface area contributed by atoms with Crippen molar-refractivity contribution in [2.75, 3.05) is 6.61 Å². The Kier molecular flexibility index (Phi) is 8.60. The number of hydrogen-bond donors (Lipinski definition) is 1. The zero-order chi connectivity index (χ0) is 22.9. The third-order valence-electron chi connectivity index (χ3n) is 5.63. The van der Waals surface area contributed by atoms with E-state index in [1.165, 1.54) is 0 Å². The first-order valence-corrected chi connectivity index (χ1v) is 11.1. The van der Waals surface area contributed by atoms with Crippen molar-refractivity contribution in [1.29, 1.82) is 0 Å². The molecule has 0 amide bonds. The highest BCUT2D eigenvalue weighted by molar-refractivity contribution is 5.15. The summed E-state index contributed by atoms with van der Waals surface area (Å²) in [5, 5.41) is 22.8. The Bertz CT molecular complexity index is 937. The van der Waals surface area contributed by atoms with Gasteiger partial charge in [0.1, 0.15) is 24.4 Å². The molecule has 1 fully saturated rings. The maximum absolute atomic E-state index is 12.9. The third kappa shape index (κ3) is 6.48. The first-order chi connectivity index (χ1) is 16.2. The van der Waals surface area contributed by atoms with E-state index in [1.54, 1.807) is 0 Å². The fourth-order valence-electron chi connectivity index (χ4n) is 3.89. The normalized spacial score (nSPS) is 25.1. The Balaban J connectivity index is 1.53. The van der Waals surface area contributed by atoms with Crippen LogP contribution in [-0.4, -0.2) is 42.4 Å². The van der Waals surface area contributed by atoms with Crippen LogP contribution >= 0.6 is 0 Å². The molecule has 1 aliphatic heterocycles. The second-order valence-corrected chi connectivity index (χ2v) is 8.01. The Morgan fingerprint density at radius 2 is 1.00 bits per heavy atom. The summed E-state index contributed by atoms with van der Waals surface area (Å²) >= 11 is 0. The molecular formula is C27H29O6. The van der Waals surface area contributed by atoms with Crippen molar-refractivity contribution in [2.45, 2.75) is 50.5 Å². The van der Waals surface area contributed by atoms with Gasteiger partial charge in [-0.25, -0.2) is 0 Å². The third-order valence-corrected chi connectivity index (χ3v) is 5.63. The molecule has 3 aromatic carbocycles. The highest BCUT2D eigenvalue weighted by Crippen LogP contribution is 2.29. The SMILES string of the molecule is [O]C1OC(CO)C(OCc2ccccc2)C(OCc2ccccc2)C1OCc1ccccc1. The van der Waals surface area contributed by atoms with E-state index in [-0.39, 0.29) is 19.8 Å². The highest BCUT2D eigenvalue weighted by Gasteiger charge is 2.48. The summed E-state index contributed by atoms with van der Waals surface area (Å²) < 4.78 is 24.0. The molecule has 0 spiro atoms. The average molecular weight is 450 g/mol. The number of aliphatic hydroxyl groups excluding tert-OH is 1. The van der Waals surface area contributed by atoms with Crippen LogP contribution in [-0.2, 0) is 43.9 Å². The van der Waals surface area contributed by atoms with Crippen molar-refractivity contribution < 1.29 is 29.2 Å². The standard InChI is InChI=1S/C27H29O6/c28-16-23-24(30-17-20-10-4-1-5-11-20)25(31-18-21-12-6-2-7-13-21)26(27(29)33-23)32-19-22-14-8-3-9-15-22/h1-15,23-28H,16-19H2. The molecule has 3 aromatic rings. The zero-order valence-corrected chi connectivity index (χ0v) is 18.4. The first-order valence-electron chi connectivity index (χ1n) is 11.1. The van der Waals surface area contributed by atoms with E-state index < -0.39 is 30.7 Å². The molecule has 0 bridgehead atoms. The molecule has 1 radical (unpaired) electrons. The van der Waals surface area contributed by atoms with Crippen molar-refractivity contribution in [2.24, 2.45) is 0 Å². The molecule has 6 heteroatoms. The van der Waals surface area contributed by atoms with Gasteiger partial charge in [0.15, 0.2) is 0 Å². The second kappa shape index (κ2) is 12.0. The van der Waals surface area contributed by atoms with Crippen LogP contribution in [0.5, 0.6) is 0 Å². The average Bonchev–Trinajstić information content (AvgIpc) is 2.87. The van der Waals surface area contributed by atoms with Gasteiger partial charge in [0.25, 0.3) is 0 Å². The molecule has 1 saturated heterocycles. The van der Waals surface area contributed by atoms with Gasteiger partial charge in [0.2, 0.25) is 6.29 Å². The molecule has 33 heavy (non-hydrogen) atoms. The molecular weight excluding hydrogens is 420 g/mol. The van der Waals surface area contributed by atoms with Gasteiger partial charge in [0.05, 0.1) is 26.4 Å². The number of hydrogen-bond acceptors (Lipinski definition) is 5. The molecule has 1 heterocycles. The highest BCUT2D eigenvalue weighted by atomic mass is 16.7. The van der Waals surface area contributed by atoms with Crippen LogP contribution in [0, 0.1) is 0 Å². The lowest BCUT2D eigenvalue weighted by molar-refractivity contribution is -0.329. The number of benzene rings is 3. The molecule has 5 unspecified atom stereocenters. The molecule has 6 nitrogen and oxygen atoms in total. The minimum Gasteiger partial charge on any atom is -0.394 e. The topological polar surface area (TPSA) is 77.1 Å². The maximum Gasteiger partial charge on any atom is 0.220 e. The minimum absolute atomic E-state index is 0.244. The van der Waals surface area contributed by atoms with Crippen molar-refractivity contribution in [3.8, 4) is 0 Å². The monoisotopic (exact) mass is 449 g/mol. The van der Waals surface area contributed by atoms with Crippen molar-refractivity contribution in [3.05, 3.63) is 108 Å². The largest absolute Gasteiger partial charge is 0.394 e. The second-order valence-electron chi connectivity index (χ2n) is 8.01. The minimum atomic E-state index is -1.51. The van der Waals surface area contributed by atoms with Crippen molar-refractivity contribution in [3.63, 3.8) is 0 Å². The molecule has 1 N–H and O–H groups in total. The first kappa shape index (κ1) is 23.6. The maximum atomic E-state index is 12.9. The predicted octanol–water partition coefficient (Wildman–Crippen LogP) is 3.89. The molecule has 173 valence electrons. The van der Waals surface area contributed by atoms with Crippen LogP contribution in [0.1, 0.15) is 16.7 Å². The lowest BCUT2D eigenvalue weighted by Gasteiger charge is -2.43.